The molecule has 0 spiro atoms. The largest absolute Gasteiger partial charge is 0.352 e. The molecule has 1 aromatic carbocycles. The summed E-state index contributed by atoms with van der Waals surface area (Å²) in [5, 5.41) is 5.05. The van der Waals surface area contributed by atoms with Gasteiger partial charge in [0.25, 0.3) is 0 Å². The van der Waals surface area contributed by atoms with E-state index in [9.17, 15) is 4.79 Å². The average molecular weight is 288 g/mol. The van der Waals surface area contributed by atoms with Crippen molar-refractivity contribution < 1.29 is 4.79 Å². The van der Waals surface area contributed by atoms with Crippen LogP contribution in [0.4, 0.5) is 10.5 Å². The molecule has 0 bridgehead atoms. The first-order valence-corrected chi connectivity index (χ1v) is 7.42. The number of para-hydroxylation sites is 1. The Bertz CT molecular complexity index is 645. The smallest absolute Gasteiger partial charge is 0.282 e. The van der Waals surface area contributed by atoms with Crippen molar-refractivity contribution in [1.82, 2.24) is 14.8 Å². The van der Waals surface area contributed by atoms with E-state index in [1.165, 1.54) is 16.4 Å². The third kappa shape index (κ3) is 2.20. The zero-order valence-electron chi connectivity index (χ0n) is 11.7. The lowest BCUT2D eigenvalue weighted by atomic mass is 9.96. The van der Waals surface area contributed by atoms with Gasteiger partial charge in [0.05, 0.1) is 5.88 Å². The molecule has 0 saturated heterocycles. The lowest BCUT2D eigenvalue weighted by Gasteiger charge is -2.25. The molecule has 1 aromatic heterocycles. The molecule has 0 N–H and O–H groups in total. The number of hydrogen-bond donors (Lipinski definition) is 0. The van der Waals surface area contributed by atoms with Gasteiger partial charge in [0.1, 0.15) is 0 Å². The SMILES string of the molecule is CC(C)(C)c1nc2n(n1)C(=O)N(c1ccccc1)CS2. The molecule has 20 heavy (non-hydrogen) atoms. The molecule has 0 saturated carbocycles. The second kappa shape index (κ2) is 4.63. The Labute approximate surface area is 122 Å². The Kier molecular flexibility index (Phi) is 3.05. The number of anilines is 1. The molecule has 2 aromatic rings. The highest BCUT2D eigenvalue weighted by Crippen LogP contribution is 2.30. The van der Waals surface area contributed by atoms with E-state index in [1.54, 1.807) is 4.90 Å². The summed E-state index contributed by atoms with van der Waals surface area (Å²) < 4.78 is 1.40. The number of carbonyl (C=O) groups is 1. The summed E-state index contributed by atoms with van der Waals surface area (Å²) in [6, 6.07) is 9.47. The maximum atomic E-state index is 12.5. The number of benzene rings is 1. The standard InChI is InChI=1S/C14H16N4OS/c1-14(2,3)11-15-12-18(16-11)13(19)17(9-20-12)10-7-5-4-6-8-10/h4-8H,9H2,1-3H3. The highest BCUT2D eigenvalue weighted by molar-refractivity contribution is 7.99. The van der Waals surface area contributed by atoms with Gasteiger partial charge in [-0.1, -0.05) is 50.7 Å². The van der Waals surface area contributed by atoms with Crippen molar-refractivity contribution >= 4 is 23.5 Å². The maximum Gasteiger partial charge on any atom is 0.352 e. The Morgan fingerprint density at radius 2 is 1.90 bits per heavy atom. The van der Waals surface area contributed by atoms with Crippen LogP contribution >= 0.6 is 11.8 Å². The minimum atomic E-state index is -0.164. The van der Waals surface area contributed by atoms with Gasteiger partial charge >= 0.3 is 6.03 Å². The van der Waals surface area contributed by atoms with E-state index in [0.717, 1.165) is 5.69 Å². The van der Waals surface area contributed by atoms with Crippen molar-refractivity contribution in [3.05, 3.63) is 36.2 Å². The highest BCUT2D eigenvalue weighted by atomic mass is 32.2. The molecule has 6 heteroatoms. The summed E-state index contributed by atoms with van der Waals surface area (Å²) in [6.07, 6.45) is 0. The Hall–Kier alpha value is -1.82. The molecule has 0 radical (unpaired) electrons. The third-order valence-electron chi connectivity index (χ3n) is 3.05. The third-order valence-corrected chi connectivity index (χ3v) is 3.96. The molecule has 0 fully saturated rings. The van der Waals surface area contributed by atoms with Crippen LogP contribution < -0.4 is 4.90 Å². The first-order valence-electron chi connectivity index (χ1n) is 6.44. The molecule has 0 atom stereocenters. The summed E-state index contributed by atoms with van der Waals surface area (Å²) in [6.45, 7) is 6.12. The van der Waals surface area contributed by atoms with Gasteiger partial charge in [-0.2, -0.15) is 4.68 Å². The summed E-state index contributed by atoms with van der Waals surface area (Å²) in [5.41, 5.74) is 0.714. The zero-order valence-corrected chi connectivity index (χ0v) is 12.5. The van der Waals surface area contributed by atoms with Crippen LogP contribution in [0.3, 0.4) is 0 Å². The van der Waals surface area contributed by atoms with Crippen LogP contribution in [0.2, 0.25) is 0 Å². The van der Waals surface area contributed by atoms with Crippen LogP contribution in [-0.4, -0.2) is 26.7 Å². The molecule has 5 nitrogen and oxygen atoms in total. The van der Waals surface area contributed by atoms with E-state index in [2.05, 4.69) is 10.1 Å². The number of hydrogen-bond acceptors (Lipinski definition) is 4. The molecular weight excluding hydrogens is 272 g/mol. The molecule has 2 heterocycles. The van der Waals surface area contributed by atoms with Gasteiger partial charge in [-0.25, -0.2) is 9.78 Å². The average Bonchev–Trinajstić information content (AvgIpc) is 2.85. The van der Waals surface area contributed by atoms with E-state index in [-0.39, 0.29) is 11.4 Å². The van der Waals surface area contributed by atoms with Crippen LogP contribution in [0.1, 0.15) is 26.6 Å². The molecule has 3 rings (SSSR count). The molecule has 0 unspecified atom stereocenters. The normalized spacial score (nSPS) is 15.3. The second-order valence-electron chi connectivity index (χ2n) is 5.70. The molecule has 1 aliphatic heterocycles. The number of thioether (sulfide) groups is 1. The summed E-state index contributed by atoms with van der Waals surface area (Å²) in [5.74, 6) is 1.26. The van der Waals surface area contributed by atoms with Crippen LogP contribution in [0, 0.1) is 0 Å². The lowest BCUT2D eigenvalue weighted by Crippen LogP contribution is -2.38. The van der Waals surface area contributed by atoms with Crippen molar-refractivity contribution in [1.29, 1.82) is 0 Å². The Morgan fingerprint density at radius 3 is 2.55 bits per heavy atom. The number of nitrogens with zero attached hydrogens (tertiary/aromatic N) is 4. The predicted octanol–water partition coefficient (Wildman–Crippen LogP) is 3.11. The van der Waals surface area contributed by atoms with Gasteiger partial charge in [-0.15, -0.1) is 5.10 Å². The molecule has 1 aliphatic rings. The lowest BCUT2D eigenvalue weighted by molar-refractivity contribution is 0.243. The fourth-order valence-electron chi connectivity index (χ4n) is 1.92. The molecule has 0 aliphatic carbocycles. The zero-order chi connectivity index (χ0) is 14.3. The predicted molar refractivity (Wildman–Crippen MR) is 79.2 cm³/mol. The van der Waals surface area contributed by atoms with Crippen molar-refractivity contribution in [3.63, 3.8) is 0 Å². The number of amides is 1. The van der Waals surface area contributed by atoms with Gasteiger partial charge in [0.2, 0.25) is 0 Å². The first kappa shape index (κ1) is 13.2. The first-order chi connectivity index (χ1) is 9.47. The number of aromatic nitrogens is 3. The van der Waals surface area contributed by atoms with E-state index in [4.69, 9.17) is 0 Å². The molecule has 1 amide bonds. The van der Waals surface area contributed by atoms with E-state index >= 15 is 0 Å². The van der Waals surface area contributed by atoms with Gasteiger partial charge in [0.15, 0.2) is 11.0 Å². The Balaban J connectivity index is 1.97. The Morgan fingerprint density at radius 1 is 1.20 bits per heavy atom. The summed E-state index contributed by atoms with van der Waals surface area (Å²) >= 11 is 1.53. The van der Waals surface area contributed by atoms with Gasteiger partial charge in [0, 0.05) is 11.1 Å². The van der Waals surface area contributed by atoms with Crippen LogP contribution in [0.25, 0.3) is 0 Å². The maximum absolute atomic E-state index is 12.5. The van der Waals surface area contributed by atoms with Gasteiger partial charge in [-0.3, -0.25) is 4.90 Å². The second-order valence-corrected chi connectivity index (χ2v) is 6.61. The van der Waals surface area contributed by atoms with Crippen molar-refractivity contribution in [2.75, 3.05) is 10.8 Å². The summed E-state index contributed by atoms with van der Waals surface area (Å²) in [7, 11) is 0. The monoisotopic (exact) mass is 288 g/mol. The fourth-order valence-corrected chi connectivity index (χ4v) is 2.81. The van der Waals surface area contributed by atoms with Crippen LogP contribution in [-0.2, 0) is 5.41 Å². The van der Waals surface area contributed by atoms with Crippen LogP contribution in [0.5, 0.6) is 0 Å². The van der Waals surface area contributed by atoms with Gasteiger partial charge < -0.3 is 0 Å². The van der Waals surface area contributed by atoms with E-state index in [1.807, 2.05) is 51.1 Å². The number of carbonyl (C=O) groups excluding carboxylic acids is 1. The van der Waals surface area contributed by atoms with Crippen molar-refractivity contribution in [2.45, 2.75) is 31.3 Å². The number of rotatable bonds is 1. The molecule has 104 valence electrons. The minimum absolute atomic E-state index is 0.145. The van der Waals surface area contributed by atoms with E-state index < -0.39 is 0 Å². The van der Waals surface area contributed by atoms with Gasteiger partial charge in [-0.05, 0) is 12.1 Å². The van der Waals surface area contributed by atoms with E-state index in [0.29, 0.717) is 16.9 Å². The van der Waals surface area contributed by atoms with Crippen molar-refractivity contribution in [3.8, 4) is 0 Å². The highest BCUT2D eigenvalue weighted by Gasteiger charge is 2.31. The topological polar surface area (TPSA) is 51.0 Å². The van der Waals surface area contributed by atoms with Crippen LogP contribution in [0.15, 0.2) is 35.5 Å². The summed E-state index contributed by atoms with van der Waals surface area (Å²) in [4.78, 5) is 18.7. The molecular formula is C14H16N4OS. The minimum Gasteiger partial charge on any atom is -0.282 e. The quantitative estimate of drug-likeness (QED) is 0.809. The fraction of sp³-hybridized carbons (Fsp3) is 0.357. The number of fused-ring (bicyclic) bond motifs is 1. The van der Waals surface area contributed by atoms with Crippen molar-refractivity contribution in [2.24, 2.45) is 0 Å².